The van der Waals surface area contributed by atoms with Crippen LogP contribution in [0.3, 0.4) is 0 Å². The van der Waals surface area contributed by atoms with Gasteiger partial charge in [0.2, 0.25) is 0 Å². The summed E-state index contributed by atoms with van der Waals surface area (Å²) in [5, 5.41) is 0. The van der Waals surface area contributed by atoms with E-state index in [9.17, 15) is 9.18 Å². The van der Waals surface area contributed by atoms with Crippen LogP contribution in [0.1, 0.15) is 11.1 Å². The zero-order chi connectivity index (χ0) is 13.1. The van der Waals surface area contributed by atoms with E-state index in [4.69, 9.17) is 18.0 Å². The molecule has 0 bridgehead atoms. The van der Waals surface area contributed by atoms with E-state index in [1.807, 2.05) is 0 Å². The van der Waals surface area contributed by atoms with E-state index in [0.717, 1.165) is 0 Å². The lowest BCUT2D eigenvalue weighted by Gasteiger charge is -2.09. The van der Waals surface area contributed by atoms with Gasteiger partial charge >= 0.3 is 0 Å². The minimum Gasteiger partial charge on any atom is -0.389 e. The molecule has 2 aromatic rings. The van der Waals surface area contributed by atoms with Gasteiger partial charge in [-0.3, -0.25) is 9.36 Å². The predicted octanol–water partition coefficient (Wildman–Crippen LogP) is 1.06. The third-order valence-corrected chi connectivity index (χ3v) is 2.69. The first-order chi connectivity index (χ1) is 8.58. The first kappa shape index (κ1) is 12.4. The van der Waals surface area contributed by atoms with E-state index < -0.39 is 5.82 Å². The van der Waals surface area contributed by atoms with E-state index in [2.05, 4.69) is 4.98 Å². The molecule has 0 radical (unpaired) electrons. The van der Waals surface area contributed by atoms with Crippen LogP contribution in [-0.4, -0.2) is 14.5 Å². The van der Waals surface area contributed by atoms with Crippen molar-refractivity contribution in [2.24, 2.45) is 5.73 Å². The van der Waals surface area contributed by atoms with Gasteiger partial charge in [0.15, 0.2) is 0 Å². The zero-order valence-electron chi connectivity index (χ0n) is 9.34. The summed E-state index contributed by atoms with van der Waals surface area (Å²) >= 11 is 4.89. The number of halogens is 1. The molecule has 0 saturated carbocycles. The fourth-order valence-electron chi connectivity index (χ4n) is 1.61. The fourth-order valence-corrected chi connectivity index (χ4v) is 1.81. The third kappa shape index (κ3) is 2.60. The maximum Gasteiger partial charge on any atom is 0.253 e. The number of benzene rings is 1. The van der Waals surface area contributed by atoms with E-state index in [0.29, 0.717) is 11.1 Å². The van der Waals surface area contributed by atoms with E-state index in [-0.39, 0.29) is 17.1 Å². The van der Waals surface area contributed by atoms with Crippen molar-refractivity contribution in [2.45, 2.75) is 6.54 Å². The first-order valence-electron chi connectivity index (χ1n) is 5.16. The Labute approximate surface area is 108 Å². The van der Waals surface area contributed by atoms with Gasteiger partial charge in [0.1, 0.15) is 10.8 Å². The van der Waals surface area contributed by atoms with Gasteiger partial charge in [0, 0.05) is 17.8 Å². The van der Waals surface area contributed by atoms with Crippen LogP contribution in [0, 0.1) is 5.82 Å². The summed E-state index contributed by atoms with van der Waals surface area (Å²) in [5.74, 6) is -0.401. The molecule has 1 aromatic carbocycles. The van der Waals surface area contributed by atoms with Crippen LogP contribution in [0.4, 0.5) is 4.39 Å². The highest BCUT2D eigenvalue weighted by Gasteiger charge is 2.08. The Morgan fingerprint density at radius 3 is 2.89 bits per heavy atom. The van der Waals surface area contributed by atoms with Gasteiger partial charge in [-0.1, -0.05) is 12.2 Å². The summed E-state index contributed by atoms with van der Waals surface area (Å²) in [6.45, 7) is 0.178. The first-order valence-corrected chi connectivity index (χ1v) is 5.57. The molecular weight excluding hydrogens is 253 g/mol. The molecule has 0 saturated heterocycles. The Morgan fingerprint density at radius 2 is 2.22 bits per heavy atom. The van der Waals surface area contributed by atoms with Gasteiger partial charge in [-0.2, -0.15) is 0 Å². The largest absolute Gasteiger partial charge is 0.389 e. The number of thiocarbonyl (C=S) groups is 1. The van der Waals surface area contributed by atoms with Crippen molar-refractivity contribution < 1.29 is 4.39 Å². The SMILES string of the molecule is NC(=S)c1ccc(F)cc1Cn1cnccc1=O. The highest BCUT2D eigenvalue weighted by atomic mass is 32.1. The van der Waals surface area contributed by atoms with Crippen LogP contribution >= 0.6 is 12.2 Å². The van der Waals surface area contributed by atoms with E-state index >= 15 is 0 Å². The molecule has 0 amide bonds. The molecule has 1 heterocycles. The topological polar surface area (TPSA) is 60.9 Å². The monoisotopic (exact) mass is 263 g/mol. The molecule has 4 nitrogen and oxygen atoms in total. The van der Waals surface area contributed by atoms with Gasteiger partial charge in [0.05, 0.1) is 12.9 Å². The molecule has 18 heavy (non-hydrogen) atoms. The van der Waals surface area contributed by atoms with Crippen molar-refractivity contribution in [3.8, 4) is 0 Å². The van der Waals surface area contributed by atoms with Crippen molar-refractivity contribution in [1.82, 2.24) is 9.55 Å². The zero-order valence-corrected chi connectivity index (χ0v) is 10.2. The Kier molecular flexibility index (Phi) is 3.47. The normalized spacial score (nSPS) is 10.3. The molecule has 2 N–H and O–H groups in total. The highest BCUT2D eigenvalue weighted by molar-refractivity contribution is 7.80. The van der Waals surface area contributed by atoms with Crippen molar-refractivity contribution in [1.29, 1.82) is 0 Å². The Hall–Kier alpha value is -2.08. The van der Waals surface area contributed by atoms with Crippen LogP contribution in [0.5, 0.6) is 0 Å². The fraction of sp³-hybridized carbons (Fsp3) is 0.0833. The summed E-state index contributed by atoms with van der Waals surface area (Å²) in [6.07, 6.45) is 2.79. The lowest BCUT2D eigenvalue weighted by atomic mass is 10.1. The molecule has 6 heteroatoms. The minimum absolute atomic E-state index is 0.168. The van der Waals surface area contributed by atoms with Crippen LogP contribution < -0.4 is 11.3 Å². The smallest absolute Gasteiger partial charge is 0.253 e. The second kappa shape index (κ2) is 5.05. The minimum atomic E-state index is -0.401. The van der Waals surface area contributed by atoms with Gasteiger partial charge in [0.25, 0.3) is 5.56 Å². The van der Waals surface area contributed by atoms with Crippen molar-refractivity contribution in [3.05, 3.63) is 64.1 Å². The Morgan fingerprint density at radius 1 is 1.44 bits per heavy atom. The molecule has 0 unspecified atom stereocenters. The standard InChI is InChI=1S/C12H10FN3OS/c13-9-1-2-10(12(14)18)8(5-9)6-16-7-15-4-3-11(16)17/h1-5,7H,6H2,(H2,14,18). The number of nitrogens with two attached hydrogens (primary N) is 1. The van der Waals surface area contributed by atoms with Crippen LogP contribution in [-0.2, 0) is 6.54 Å². The molecule has 92 valence electrons. The molecule has 0 aliphatic heterocycles. The van der Waals surface area contributed by atoms with Gasteiger partial charge in [-0.15, -0.1) is 0 Å². The molecule has 0 spiro atoms. The predicted molar refractivity (Wildman–Crippen MR) is 69.9 cm³/mol. The summed E-state index contributed by atoms with van der Waals surface area (Å²) in [4.78, 5) is 15.6. The van der Waals surface area contributed by atoms with Crippen LogP contribution in [0.2, 0.25) is 0 Å². The number of hydrogen-bond acceptors (Lipinski definition) is 3. The molecule has 0 aliphatic rings. The number of hydrogen-bond donors (Lipinski definition) is 1. The van der Waals surface area contributed by atoms with Crippen molar-refractivity contribution in [2.75, 3.05) is 0 Å². The summed E-state index contributed by atoms with van der Waals surface area (Å²) in [5.41, 5.74) is 6.45. The number of aromatic nitrogens is 2. The quantitative estimate of drug-likeness (QED) is 0.841. The number of rotatable bonds is 3. The molecule has 0 aliphatic carbocycles. The van der Waals surface area contributed by atoms with Gasteiger partial charge in [-0.05, 0) is 23.8 Å². The summed E-state index contributed by atoms with van der Waals surface area (Å²) in [6, 6.07) is 5.44. The van der Waals surface area contributed by atoms with Crippen molar-refractivity contribution >= 4 is 17.2 Å². The summed E-state index contributed by atoms with van der Waals surface area (Å²) < 4.78 is 14.6. The van der Waals surface area contributed by atoms with Crippen molar-refractivity contribution in [3.63, 3.8) is 0 Å². The molecule has 0 fully saturated rings. The van der Waals surface area contributed by atoms with Crippen LogP contribution in [0.15, 0.2) is 41.6 Å². The third-order valence-electron chi connectivity index (χ3n) is 2.47. The lowest BCUT2D eigenvalue weighted by molar-refractivity contribution is 0.622. The van der Waals surface area contributed by atoms with E-state index in [1.54, 1.807) is 0 Å². The lowest BCUT2D eigenvalue weighted by Crippen LogP contribution is -2.21. The Bertz CT molecular complexity index is 654. The maximum absolute atomic E-state index is 13.2. The molecule has 2 rings (SSSR count). The molecular formula is C12H10FN3OS. The molecule has 0 atom stereocenters. The second-order valence-electron chi connectivity index (χ2n) is 3.71. The average molecular weight is 263 g/mol. The average Bonchev–Trinajstić information content (AvgIpc) is 2.32. The van der Waals surface area contributed by atoms with Crippen LogP contribution in [0.25, 0.3) is 0 Å². The second-order valence-corrected chi connectivity index (χ2v) is 4.15. The number of nitrogens with zero attached hydrogens (tertiary/aromatic N) is 2. The maximum atomic E-state index is 13.2. The van der Waals surface area contributed by atoms with E-state index in [1.165, 1.54) is 41.4 Å². The highest BCUT2D eigenvalue weighted by Crippen LogP contribution is 2.12. The molecule has 1 aromatic heterocycles. The summed E-state index contributed by atoms with van der Waals surface area (Å²) in [7, 11) is 0. The Balaban J connectivity index is 2.46. The van der Waals surface area contributed by atoms with Gasteiger partial charge < -0.3 is 5.73 Å². The van der Waals surface area contributed by atoms with Gasteiger partial charge in [-0.25, -0.2) is 9.37 Å².